The molecular formula is C21H24N8O. The molecule has 1 aromatic carbocycles. The van der Waals surface area contributed by atoms with Crippen molar-refractivity contribution in [1.82, 2.24) is 25.4 Å². The highest BCUT2D eigenvalue weighted by atomic mass is 16.2. The van der Waals surface area contributed by atoms with Gasteiger partial charge >= 0.3 is 0 Å². The van der Waals surface area contributed by atoms with Gasteiger partial charge < -0.3 is 10.2 Å². The molecule has 0 unspecified atom stereocenters. The van der Waals surface area contributed by atoms with Crippen LogP contribution < -0.4 is 21.1 Å². The third-order valence-electron chi connectivity index (χ3n) is 4.69. The number of carbonyl (C=O) groups excluding carboxylic acids is 1. The van der Waals surface area contributed by atoms with Crippen LogP contribution in [0.2, 0.25) is 0 Å². The fourth-order valence-corrected chi connectivity index (χ4v) is 3.24. The van der Waals surface area contributed by atoms with Crippen LogP contribution in [0.3, 0.4) is 0 Å². The Hall–Kier alpha value is -3.75. The lowest BCUT2D eigenvalue weighted by Gasteiger charge is -2.29. The number of amides is 1. The van der Waals surface area contributed by atoms with Gasteiger partial charge in [0, 0.05) is 37.1 Å². The zero-order valence-electron chi connectivity index (χ0n) is 17.0. The van der Waals surface area contributed by atoms with Gasteiger partial charge in [-0.25, -0.2) is 0 Å². The molecule has 0 bridgehead atoms. The normalized spacial score (nSPS) is 13.0. The maximum atomic E-state index is 12.3. The van der Waals surface area contributed by atoms with Crippen LogP contribution in [0.4, 0.5) is 17.8 Å². The minimum atomic E-state index is -0.301. The van der Waals surface area contributed by atoms with Gasteiger partial charge in [-0.05, 0) is 43.5 Å². The number of nitrogens with one attached hydrogen (secondary N) is 3. The van der Waals surface area contributed by atoms with Crippen molar-refractivity contribution in [1.29, 1.82) is 0 Å². The van der Waals surface area contributed by atoms with Crippen molar-refractivity contribution in [2.75, 3.05) is 22.2 Å². The summed E-state index contributed by atoms with van der Waals surface area (Å²) < 4.78 is 0. The van der Waals surface area contributed by atoms with Crippen LogP contribution in [-0.4, -0.2) is 38.4 Å². The number of hydrazine groups is 1. The number of hydrogen-bond donors (Lipinski definition) is 3. The molecule has 0 saturated heterocycles. The molecule has 0 radical (unpaired) electrons. The maximum Gasteiger partial charge on any atom is 0.269 e. The molecule has 30 heavy (non-hydrogen) atoms. The SMILES string of the molecule is CC(C)Nc1nc(NNC(=O)c2ccncc2)nc(N2CCc3ccccc3C2)n1. The van der Waals surface area contributed by atoms with E-state index in [0.717, 1.165) is 19.5 Å². The summed E-state index contributed by atoms with van der Waals surface area (Å²) in [5, 5.41) is 3.21. The Morgan fingerprint density at radius 2 is 1.73 bits per heavy atom. The van der Waals surface area contributed by atoms with Crippen molar-refractivity contribution in [3.63, 3.8) is 0 Å². The number of benzene rings is 1. The van der Waals surface area contributed by atoms with Gasteiger partial charge in [-0.1, -0.05) is 24.3 Å². The summed E-state index contributed by atoms with van der Waals surface area (Å²) >= 11 is 0. The Labute approximate surface area is 175 Å². The lowest BCUT2D eigenvalue weighted by Crippen LogP contribution is -2.34. The molecule has 0 aliphatic carbocycles. The molecule has 0 atom stereocenters. The molecular weight excluding hydrogens is 380 g/mol. The summed E-state index contributed by atoms with van der Waals surface area (Å²) in [6.45, 7) is 5.56. The lowest BCUT2D eigenvalue weighted by atomic mass is 10.0. The number of nitrogens with zero attached hydrogens (tertiary/aromatic N) is 5. The Morgan fingerprint density at radius 1 is 1.00 bits per heavy atom. The van der Waals surface area contributed by atoms with Gasteiger partial charge in [0.2, 0.25) is 17.8 Å². The maximum absolute atomic E-state index is 12.3. The molecule has 1 aliphatic heterocycles. The predicted octanol–water partition coefficient (Wildman–Crippen LogP) is 2.41. The number of anilines is 3. The summed E-state index contributed by atoms with van der Waals surface area (Å²) in [6.07, 6.45) is 4.06. The Kier molecular flexibility index (Phi) is 5.69. The minimum Gasteiger partial charge on any atom is -0.352 e. The van der Waals surface area contributed by atoms with Gasteiger partial charge in [0.1, 0.15) is 0 Å². The molecule has 0 saturated carbocycles. The summed E-state index contributed by atoms with van der Waals surface area (Å²) in [6, 6.07) is 11.8. The number of pyridine rings is 1. The van der Waals surface area contributed by atoms with Gasteiger partial charge in [0.05, 0.1) is 0 Å². The first-order valence-corrected chi connectivity index (χ1v) is 9.89. The summed E-state index contributed by atoms with van der Waals surface area (Å²) in [5.74, 6) is 0.979. The van der Waals surface area contributed by atoms with E-state index in [1.165, 1.54) is 11.1 Å². The van der Waals surface area contributed by atoms with Gasteiger partial charge in [-0.3, -0.25) is 20.6 Å². The summed E-state index contributed by atoms with van der Waals surface area (Å²) in [7, 11) is 0. The van der Waals surface area contributed by atoms with Crippen molar-refractivity contribution >= 4 is 23.8 Å². The average molecular weight is 404 g/mol. The number of carbonyl (C=O) groups is 1. The third-order valence-corrected chi connectivity index (χ3v) is 4.69. The van der Waals surface area contributed by atoms with E-state index < -0.39 is 0 Å². The van der Waals surface area contributed by atoms with E-state index in [0.29, 0.717) is 17.5 Å². The number of fused-ring (bicyclic) bond motifs is 1. The van der Waals surface area contributed by atoms with Crippen molar-refractivity contribution < 1.29 is 4.79 Å². The fraction of sp³-hybridized carbons (Fsp3) is 0.286. The standard InChI is InChI=1S/C21H24N8O/c1-14(2)23-19-24-20(28-27-18(30)16-7-10-22-11-8-16)26-21(25-19)29-12-9-15-5-3-4-6-17(15)13-29/h3-8,10-11,14H,9,12-13H2,1-2H3,(H,27,30)(H2,23,24,25,26,28). The van der Waals surface area contributed by atoms with Crippen molar-refractivity contribution in [3.8, 4) is 0 Å². The molecule has 9 heteroatoms. The van der Waals surface area contributed by atoms with Crippen LogP contribution in [0.5, 0.6) is 0 Å². The van der Waals surface area contributed by atoms with Crippen molar-refractivity contribution in [2.45, 2.75) is 32.9 Å². The van der Waals surface area contributed by atoms with Crippen LogP contribution in [0, 0.1) is 0 Å². The molecule has 1 amide bonds. The van der Waals surface area contributed by atoms with Crippen LogP contribution in [0.25, 0.3) is 0 Å². The van der Waals surface area contributed by atoms with E-state index in [4.69, 9.17) is 0 Å². The van der Waals surface area contributed by atoms with E-state index in [1.54, 1.807) is 24.5 Å². The number of rotatable bonds is 6. The van der Waals surface area contributed by atoms with E-state index in [9.17, 15) is 4.79 Å². The predicted molar refractivity (Wildman–Crippen MR) is 115 cm³/mol. The highest BCUT2D eigenvalue weighted by Crippen LogP contribution is 2.23. The lowest BCUT2D eigenvalue weighted by molar-refractivity contribution is 0.0962. The first-order valence-electron chi connectivity index (χ1n) is 9.89. The van der Waals surface area contributed by atoms with Crippen LogP contribution in [-0.2, 0) is 13.0 Å². The number of aromatic nitrogens is 4. The molecule has 3 heterocycles. The van der Waals surface area contributed by atoms with Crippen LogP contribution in [0.1, 0.15) is 35.3 Å². The minimum absolute atomic E-state index is 0.154. The van der Waals surface area contributed by atoms with E-state index >= 15 is 0 Å². The van der Waals surface area contributed by atoms with E-state index in [2.05, 4.69) is 59.2 Å². The van der Waals surface area contributed by atoms with Gasteiger partial charge in [0.15, 0.2) is 0 Å². The summed E-state index contributed by atoms with van der Waals surface area (Å²) in [4.78, 5) is 31.8. The summed E-state index contributed by atoms with van der Waals surface area (Å²) in [5.41, 5.74) is 8.54. The zero-order chi connectivity index (χ0) is 20.9. The van der Waals surface area contributed by atoms with Crippen LogP contribution in [0.15, 0.2) is 48.8 Å². The largest absolute Gasteiger partial charge is 0.352 e. The monoisotopic (exact) mass is 404 g/mol. The van der Waals surface area contributed by atoms with Gasteiger partial charge in [0.25, 0.3) is 5.91 Å². The quantitative estimate of drug-likeness (QED) is 0.538. The van der Waals surface area contributed by atoms with E-state index in [-0.39, 0.29) is 17.9 Å². The first-order chi connectivity index (χ1) is 14.6. The molecule has 3 N–H and O–H groups in total. The molecule has 2 aromatic heterocycles. The molecule has 3 aromatic rings. The molecule has 4 rings (SSSR count). The molecule has 0 spiro atoms. The zero-order valence-corrected chi connectivity index (χ0v) is 17.0. The van der Waals surface area contributed by atoms with Crippen molar-refractivity contribution in [3.05, 3.63) is 65.5 Å². The highest BCUT2D eigenvalue weighted by Gasteiger charge is 2.20. The van der Waals surface area contributed by atoms with Gasteiger partial charge in [-0.15, -0.1) is 0 Å². The second kappa shape index (κ2) is 8.73. The molecule has 1 aliphatic rings. The molecule has 0 fully saturated rings. The second-order valence-electron chi connectivity index (χ2n) is 7.34. The van der Waals surface area contributed by atoms with E-state index in [1.807, 2.05) is 19.9 Å². The fourth-order valence-electron chi connectivity index (χ4n) is 3.24. The topological polar surface area (TPSA) is 108 Å². The Bertz CT molecular complexity index is 1020. The highest BCUT2D eigenvalue weighted by molar-refractivity contribution is 5.94. The Balaban J connectivity index is 1.54. The second-order valence-corrected chi connectivity index (χ2v) is 7.34. The average Bonchev–Trinajstić information content (AvgIpc) is 2.77. The third kappa shape index (κ3) is 4.62. The van der Waals surface area contributed by atoms with Crippen molar-refractivity contribution in [2.24, 2.45) is 0 Å². The smallest absolute Gasteiger partial charge is 0.269 e. The molecule has 9 nitrogen and oxygen atoms in total. The first kappa shape index (κ1) is 19.6. The van der Waals surface area contributed by atoms with Gasteiger partial charge in [-0.2, -0.15) is 15.0 Å². The Morgan fingerprint density at radius 3 is 2.50 bits per heavy atom. The molecule has 154 valence electrons. The van der Waals surface area contributed by atoms with Crippen LogP contribution >= 0.6 is 0 Å². The number of hydrogen-bond acceptors (Lipinski definition) is 8.